The first-order valence-corrected chi connectivity index (χ1v) is 12.9. The molecule has 1 aliphatic rings. The maximum Gasteiger partial charge on any atom is 0.253 e. The molecule has 8 heteroatoms. The predicted octanol–water partition coefficient (Wildman–Crippen LogP) is 4.45. The van der Waals surface area contributed by atoms with Gasteiger partial charge in [0.05, 0.1) is 4.90 Å². The lowest BCUT2D eigenvalue weighted by molar-refractivity contribution is 0.0745. The summed E-state index contributed by atoms with van der Waals surface area (Å²) in [6.07, 6.45) is 0. The number of carbonyl (C=O) groups is 1. The number of anilines is 1. The van der Waals surface area contributed by atoms with Gasteiger partial charge in [0.2, 0.25) is 26.6 Å². The number of aromatic nitrogens is 1. The fraction of sp³-hybridized carbons (Fsp3) is 0.185. The molecule has 1 aliphatic heterocycles. The molecule has 0 atom stereocenters. The van der Waals surface area contributed by atoms with E-state index in [1.54, 1.807) is 41.3 Å². The fourth-order valence-corrected chi connectivity index (χ4v) is 5.40. The van der Waals surface area contributed by atoms with Crippen LogP contribution in [0.4, 0.5) is 5.88 Å². The first kappa shape index (κ1) is 22.9. The molecule has 0 spiro atoms. The number of hydrogen-bond acceptors (Lipinski definition) is 6. The Balaban J connectivity index is 1.47. The normalized spacial score (nSPS) is 14.2. The summed E-state index contributed by atoms with van der Waals surface area (Å²) in [5, 5.41) is -0.108. The van der Waals surface area contributed by atoms with Crippen molar-refractivity contribution in [1.82, 2.24) is 9.88 Å². The zero-order chi connectivity index (χ0) is 24.4. The number of aryl methyl sites for hydroxylation is 1. The average molecular weight is 488 g/mol. The third-order valence-corrected chi connectivity index (χ3v) is 7.73. The van der Waals surface area contributed by atoms with Crippen LogP contribution in [-0.4, -0.2) is 50.4 Å². The van der Waals surface area contributed by atoms with Crippen molar-refractivity contribution in [3.63, 3.8) is 0 Å². The van der Waals surface area contributed by atoms with Gasteiger partial charge in [-0.15, -0.1) is 0 Å². The molecule has 1 saturated heterocycles. The second-order valence-corrected chi connectivity index (χ2v) is 10.3. The van der Waals surface area contributed by atoms with Gasteiger partial charge in [-0.05, 0) is 43.3 Å². The molecule has 5 rings (SSSR count). The Morgan fingerprint density at radius 3 is 2.06 bits per heavy atom. The molecular weight excluding hydrogens is 462 g/mol. The Labute approximate surface area is 204 Å². The van der Waals surface area contributed by atoms with E-state index in [0.717, 1.165) is 5.56 Å². The van der Waals surface area contributed by atoms with Crippen LogP contribution >= 0.6 is 0 Å². The van der Waals surface area contributed by atoms with Crippen LogP contribution in [0.1, 0.15) is 15.9 Å². The van der Waals surface area contributed by atoms with Crippen LogP contribution in [0.15, 0.2) is 99.3 Å². The number of carbonyl (C=O) groups excluding carboxylic acids is 1. The van der Waals surface area contributed by atoms with E-state index < -0.39 is 9.84 Å². The molecule has 0 aliphatic carbocycles. The SMILES string of the molecule is Cc1ccc(S(=O)(=O)c2nc(-c3ccccc3)oc2N2CCN(C(=O)c3ccccc3)CC2)cc1. The molecule has 3 aromatic carbocycles. The molecule has 1 amide bonds. The Morgan fingerprint density at radius 2 is 1.43 bits per heavy atom. The number of amides is 1. The van der Waals surface area contributed by atoms with Crippen LogP contribution in [0.3, 0.4) is 0 Å². The fourth-order valence-electron chi connectivity index (χ4n) is 4.08. The number of benzene rings is 3. The number of sulfone groups is 1. The number of rotatable bonds is 5. The summed E-state index contributed by atoms with van der Waals surface area (Å²) in [5.41, 5.74) is 2.29. The lowest BCUT2D eigenvalue weighted by atomic mass is 10.2. The van der Waals surface area contributed by atoms with Crippen molar-refractivity contribution in [2.45, 2.75) is 16.8 Å². The van der Waals surface area contributed by atoms with Crippen LogP contribution in [0.25, 0.3) is 11.5 Å². The summed E-state index contributed by atoms with van der Waals surface area (Å²) in [7, 11) is -3.92. The van der Waals surface area contributed by atoms with E-state index >= 15 is 0 Å². The zero-order valence-electron chi connectivity index (χ0n) is 19.3. The molecule has 0 N–H and O–H groups in total. The largest absolute Gasteiger partial charge is 0.419 e. The van der Waals surface area contributed by atoms with Crippen molar-refractivity contribution in [2.24, 2.45) is 0 Å². The Morgan fingerprint density at radius 1 is 0.829 bits per heavy atom. The molecule has 2 heterocycles. The first-order valence-electron chi connectivity index (χ1n) is 11.4. The highest BCUT2D eigenvalue weighted by molar-refractivity contribution is 7.91. The summed E-state index contributed by atoms with van der Waals surface area (Å²) in [5.74, 6) is 0.408. The lowest BCUT2D eigenvalue weighted by Gasteiger charge is -2.34. The van der Waals surface area contributed by atoms with Gasteiger partial charge in [0, 0.05) is 37.3 Å². The second-order valence-electron chi connectivity index (χ2n) is 8.46. The molecule has 0 bridgehead atoms. The first-order chi connectivity index (χ1) is 16.9. The zero-order valence-corrected chi connectivity index (χ0v) is 20.1. The quantitative estimate of drug-likeness (QED) is 0.414. The van der Waals surface area contributed by atoms with E-state index in [-0.39, 0.29) is 27.6 Å². The van der Waals surface area contributed by atoms with Crippen LogP contribution in [-0.2, 0) is 9.84 Å². The molecule has 0 saturated carbocycles. The molecule has 7 nitrogen and oxygen atoms in total. The highest BCUT2D eigenvalue weighted by Crippen LogP contribution is 2.35. The smallest absolute Gasteiger partial charge is 0.253 e. The summed E-state index contributed by atoms with van der Waals surface area (Å²) >= 11 is 0. The van der Waals surface area contributed by atoms with Crippen LogP contribution in [0, 0.1) is 6.92 Å². The molecule has 35 heavy (non-hydrogen) atoms. The number of hydrogen-bond donors (Lipinski definition) is 0. The topological polar surface area (TPSA) is 83.7 Å². The molecule has 4 aromatic rings. The molecule has 1 aromatic heterocycles. The molecule has 0 radical (unpaired) electrons. The standard InChI is InChI=1S/C27H25N3O4S/c1-20-12-14-23(15-13-20)35(32,33)25-27(34-24(28-25)21-8-4-2-5-9-21)30-18-16-29(17-19-30)26(31)22-10-6-3-7-11-22/h2-15H,16-19H2,1H3. The van der Waals surface area contributed by atoms with E-state index in [2.05, 4.69) is 4.98 Å². The third-order valence-electron chi connectivity index (χ3n) is 6.06. The third kappa shape index (κ3) is 4.57. The van der Waals surface area contributed by atoms with Gasteiger partial charge in [-0.2, -0.15) is 4.98 Å². The molecule has 0 unspecified atom stereocenters. The van der Waals surface area contributed by atoms with E-state index in [9.17, 15) is 13.2 Å². The Kier molecular flexibility index (Phi) is 6.13. The maximum atomic E-state index is 13.6. The number of nitrogens with zero attached hydrogens (tertiary/aromatic N) is 3. The minimum atomic E-state index is -3.92. The Hall–Kier alpha value is -3.91. The highest BCUT2D eigenvalue weighted by atomic mass is 32.2. The van der Waals surface area contributed by atoms with E-state index in [1.165, 1.54) is 0 Å². The minimum Gasteiger partial charge on any atom is -0.419 e. The highest BCUT2D eigenvalue weighted by Gasteiger charge is 2.33. The summed E-state index contributed by atoms with van der Waals surface area (Å²) in [6, 6.07) is 25.1. The minimum absolute atomic E-state index is 0.0414. The van der Waals surface area contributed by atoms with Gasteiger partial charge in [0.15, 0.2) is 0 Å². The Bertz CT molecular complexity index is 1430. The van der Waals surface area contributed by atoms with Gasteiger partial charge in [0.1, 0.15) is 0 Å². The van der Waals surface area contributed by atoms with Crippen LogP contribution < -0.4 is 4.90 Å². The van der Waals surface area contributed by atoms with Gasteiger partial charge in [-0.1, -0.05) is 54.1 Å². The average Bonchev–Trinajstić information content (AvgIpc) is 3.36. The molecular formula is C27H25N3O4S. The van der Waals surface area contributed by atoms with E-state index in [0.29, 0.717) is 37.3 Å². The van der Waals surface area contributed by atoms with Gasteiger partial charge in [-0.25, -0.2) is 8.42 Å². The van der Waals surface area contributed by atoms with Gasteiger partial charge >= 0.3 is 0 Å². The lowest BCUT2D eigenvalue weighted by Crippen LogP contribution is -2.49. The van der Waals surface area contributed by atoms with E-state index in [4.69, 9.17) is 4.42 Å². The van der Waals surface area contributed by atoms with Gasteiger partial charge in [0.25, 0.3) is 5.91 Å². The van der Waals surface area contributed by atoms with Crippen molar-refractivity contribution in [2.75, 3.05) is 31.1 Å². The monoisotopic (exact) mass is 487 g/mol. The van der Waals surface area contributed by atoms with Crippen molar-refractivity contribution in [3.05, 3.63) is 96.1 Å². The molecule has 178 valence electrons. The molecule has 1 fully saturated rings. The van der Waals surface area contributed by atoms with E-state index in [1.807, 2.05) is 60.4 Å². The maximum absolute atomic E-state index is 13.6. The van der Waals surface area contributed by atoms with Crippen molar-refractivity contribution < 1.29 is 17.6 Å². The van der Waals surface area contributed by atoms with Crippen molar-refractivity contribution in [1.29, 1.82) is 0 Å². The predicted molar refractivity (Wildman–Crippen MR) is 133 cm³/mol. The van der Waals surface area contributed by atoms with Crippen molar-refractivity contribution in [3.8, 4) is 11.5 Å². The number of oxazole rings is 1. The summed E-state index contributed by atoms with van der Waals surface area (Å²) < 4.78 is 33.3. The summed E-state index contributed by atoms with van der Waals surface area (Å²) in [4.78, 5) is 21.1. The number of piperazine rings is 1. The second kappa shape index (κ2) is 9.38. The van der Waals surface area contributed by atoms with Crippen LogP contribution in [0.2, 0.25) is 0 Å². The van der Waals surface area contributed by atoms with Crippen molar-refractivity contribution >= 4 is 21.6 Å². The van der Waals surface area contributed by atoms with Gasteiger partial charge in [-0.3, -0.25) is 4.79 Å². The summed E-state index contributed by atoms with van der Waals surface area (Å²) in [6.45, 7) is 3.65. The van der Waals surface area contributed by atoms with Gasteiger partial charge < -0.3 is 14.2 Å². The van der Waals surface area contributed by atoms with Crippen LogP contribution in [0.5, 0.6) is 0 Å².